The molecule has 0 radical (unpaired) electrons. The van der Waals surface area contributed by atoms with E-state index in [-0.39, 0.29) is 5.57 Å². The summed E-state index contributed by atoms with van der Waals surface area (Å²) in [5.41, 5.74) is 3.08. The molecule has 0 spiro atoms. The van der Waals surface area contributed by atoms with E-state index in [9.17, 15) is 10.1 Å². The molecule has 1 heterocycles. The van der Waals surface area contributed by atoms with E-state index in [1.165, 1.54) is 0 Å². The lowest BCUT2D eigenvalue weighted by atomic mass is 10.1. The first kappa shape index (κ1) is 22.8. The highest BCUT2D eigenvalue weighted by Gasteiger charge is 2.15. The van der Waals surface area contributed by atoms with Gasteiger partial charge < -0.3 is 14.8 Å². The maximum atomic E-state index is 12.5. The second kappa shape index (κ2) is 11.5. The third-order valence-corrected chi connectivity index (χ3v) is 4.68. The molecule has 32 heavy (non-hydrogen) atoms. The average molecular weight is 431 g/mol. The molecule has 0 aliphatic rings. The van der Waals surface area contributed by atoms with Gasteiger partial charge in [0.2, 0.25) is 0 Å². The minimum absolute atomic E-state index is 0.0159. The number of nitrogens with zero attached hydrogens (tertiary/aromatic N) is 3. The highest BCUT2D eigenvalue weighted by molar-refractivity contribution is 6.02. The molecule has 0 saturated carbocycles. The van der Waals surface area contributed by atoms with E-state index in [0.29, 0.717) is 37.4 Å². The van der Waals surface area contributed by atoms with Gasteiger partial charge in [-0.1, -0.05) is 18.2 Å². The van der Waals surface area contributed by atoms with Crippen molar-refractivity contribution in [2.45, 2.75) is 13.3 Å². The van der Waals surface area contributed by atoms with Crippen LogP contribution in [-0.2, 0) is 9.53 Å². The molecule has 0 aliphatic carbocycles. The normalized spacial score (nSPS) is 11.1. The van der Waals surface area contributed by atoms with Gasteiger partial charge in [-0.15, -0.1) is 0 Å². The Labute approximate surface area is 187 Å². The third kappa shape index (κ3) is 5.84. The van der Waals surface area contributed by atoms with Crippen molar-refractivity contribution in [2.24, 2.45) is 0 Å². The van der Waals surface area contributed by atoms with Crippen LogP contribution in [0, 0.1) is 11.3 Å². The highest BCUT2D eigenvalue weighted by atomic mass is 16.5. The van der Waals surface area contributed by atoms with Crippen LogP contribution in [0.25, 0.3) is 23.0 Å². The van der Waals surface area contributed by atoms with Gasteiger partial charge in [0.15, 0.2) is 0 Å². The number of hydrogen-bond acceptors (Lipinski definition) is 5. The van der Waals surface area contributed by atoms with Gasteiger partial charge in [-0.2, -0.15) is 10.4 Å². The van der Waals surface area contributed by atoms with Crippen molar-refractivity contribution < 1.29 is 14.3 Å². The van der Waals surface area contributed by atoms with Crippen LogP contribution in [0.2, 0.25) is 0 Å². The predicted octanol–water partition coefficient (Wildman–Crippen LogP) is 4.00. The molecule has 3 rings (SSSR count). The van der Waals surface area contributed by atoms with Crippen LogP contribution in [0.15, 0.2) is 66.4 Å². The number of para-hydroxylation sites is 1. The number of nitriles is 1. The Hall–Kier alpha value is -3.89. The molecule has 0 bridgehead atoms. The van der Waals surface area contributed by atoms with Gasteiger partial charge in [-0.3, -0.25) is 4.79 Å². The van der Waals surface area contributed by atoms with E-state index >= 15 is 0 Å². The lowest BCUT2D eigenvalue weighted by Crippen LogP contribution is -2.26. The van der Waals surface area contributed by atoms with Crippen molar-refractivity contribution in [1.29, 1.82) is 5.26 Å². The van der Waals surface area contributed by atoms with Crippen molar-refractivity contribution in [3.63, 3.8) is 0 Å². The molecule has 0 unspecified atom stereocenters. The molecule has 0 atom stereocenters. The van der Waals surface area contributed by atoms with E-state index in [4.69, 9.17) is 14.6 Å². The number of nitrogens with one attached hydrogen (secondary N) is 1. The van der Waals surface area contributed by atoms with Crippen LogP contribution < -0.4 is 10.1 Å². The van der Waals surface area contributed by atoms with E-state index < -0.39 is 5.91 Å². The van der Waals surface area contributed by atoms with Gasteiger partial charge in [0.1, 0.15) is 17.4 Å². The highest BCUT2D eigenvalue weighted by Crippen LogP contribution is 2.27. The molecule has 0 saturated heterocycles. The monoisotopic (exact) mass is 430 g/mol. The number of rotatable bonds is 10. The summed E-state index contributed by atoms with van der Waals surface area (Å²) in [5, 5.41) is 17.1. The summed E-state index contributed by atoms with van der Waals surface area (Å²) in [5.74, 6) is 0.345. The third-order valence-electron chi connectivity index (χ3n) is 4.68. The number of amides is 1. The predicted molar refractivity (Wildman–Crippen MR) is 123 cm³/mol. The summed E-state index contributed by atoms with van der Waals surface area (Å²) in [6.07, 6.45) is 4.06. The first-order chi connectivity index (χ1) is 15.7. The van der Waals surface area contributed by atoms with Gasteiger partial charge in [0.05, 0.1) is 18.0 Å². The van der Waals surface area contributed by atoms with Gasteiger partial charge in [0.25, 0.3) is 5.91 Å². The topological polar surface area (TPSA) is 89.2 Å². The summed E-state index contributed by atoms with van der Waals surface area (Å²) in [7, 11) is 1.61. The molecule has 0 fully saturated rings. The number of aromatic nitrogens is 2. The van der Waals surface area contributed by atoms with Gasteiger partial charge in [0, 0.05) is 37.6 Å². The molecule has 1 amide bonds. The van der Waals surface area contributed by atoms with Crippen LogP contribution in [0.5, 0.6) is 5.75 Å². The molecule has 2 aromatic carbocycles. The number of benzene rings is 2. The smallest absolute Gasteiger partial charge is 0.261 e. The fraction of sp³-hybridized carbons (Fsp3) is 0.240. The lowest BCUT2D eigenvalue weighted by molar-refractivity contribution is -0.117. The van der Waals surface area contributed by atoms with E-state index in [1.54, 1.807) is 17.9 Å². The van der Waals surface area contributed by atoms with E-state index in [0.717, 1.165) is 17.0 Å². The number of methoxy groups -OCH3 is 1. The average Bonchev–Trinajstić information content (AvgIpc) is 3.25. The molecular formula is C25H26N4O3. The van der Waals surface area contributed by atoms with Crippen LogP contribution in [0.1, 0.15) is 18.9 Å². The van der Waals surface area contributed by atoms with Gasteiger partial charge >= 0.3 is 0 Å². The number of carbonyl (C=O) groups excluding carboxylic acids is 1. The molecule has 0 aliphatic heterocycles. The second-order valence-electron chi connectivity index (χ2n) is 6.94. The fourth-order valence-electron chi connectivity index (χ4n) is 3.12. The molecule has 164 valence electrons. The van der Waals surface area contributed by atoms with Gasteiger partial charge in [-0.05, 0) is 55.8 Å². The second-order valence-corrected chi connectivity index (χ2v) is 6.94. The SMILES string of the molecule is CCOc1ccc(-c2nn(-c3ccccc3)cc2/C=C(/C#N)C(=O)NCCCOC)cc1. The van der Waals surface area contributed by atoms with Crippen LogP contribution in [0.3, 0.4) is 0 Å². The standard InChI is InChI=1S/C25H26N4O3/c1-3-32-23-12-10-19(11-13-23)24-21(18-29(28-24)22-8-5-4-6-9-22)16-20(17-26)25(30)27-14-7-15-31-2/h4-6,8-13,16,18H,3,7,14-15H2,1-2H3,(H,27,30)/b20-16-. The molecule has 7 nitrogen and oxygen atoms in total. The minimum atomic E-state index is -0.422. The number of ether oxygens (including phenoxy) is 2. The summed E-state index contributed by atoms with van der Waals surface area (Å²) in [6.45, 7) is 3.49. The van der Waals surface area contributed by atoms with Crippen molar-refractivity contribution in [3.05, 3.63) is 71.9 Å². The Kier molecular flexibility index (Phi) is 8.18. The number of hydrogen-bond donors (Lipinski definition) is 1. The van der Waals surface area contributed by atoms with Crippen molar-refractivity contribution >= 4 is 12.0 Å². The van der Waals surface area contributed by atoms with E-state index in [2.05, 4.69) is 5.32 Å². The van der Waals surface area contributed by atoms with Crippen molar-refractivity contribution in [1.82, 2.24) is 15.1 Å². The Morgan fingerprint density at radius 2 is 1.94 bits per heavy atom. The Morgan fingerprint density at radius 1 is 1.19 bits per heavy atom. The quantitative estimate of drug-likeness (QED) is 0.298. The van der Waals surface area contributed by atoms with Crippen LogP contribution >= 0.6 is 0 Å². The minimum Gasteiger partial charge on any atom is -0.494 e. The first-order valence-electron chi connectivity index (χ1n) is 10.4. The Balaban J connectivity index is 1.97. The van der Waals surface area contributed by atoms with Gasteiger partial charge in [-0.25, -0.2) is 4.68 Å². The van der Waals surface area contributed by atoms with Crippen LogP contribution in [-0.4, -0.2) is 42.6 Å². The summed E-state index contributed by atoms with van der Waals surface area (Å²) in [6, 6.07) is 19.3. The first-order valence-corrected chi connectivity index (χ1v) is 10.4. The molecule has 7 heteroatoms. The van der Waals surface area contributed by atoms with E-state index in [1.807, 2.05) is 73.8 Å². The maximum absolute atomic E-state index is 12.5. The molecule has 1 N–H and O–H groups in total. The zero-order valence-corrected chi connectivity index (χ0v) is 18.2. The van der Waals surface area contributed by atoms with Crippen molar-refractivity contribution in [3.8, 4) is 28.8 Å². The summed E-state index contributed by atoms with van der Waals surface area (Å²) < 4.78 is 12.3. The maximum Gasteiger partial charge on any atom is 0.261 e. The largest absolute Gasteiger partial charge is 0.494 e. The Bertz CT molecular complexity index is 1100. The number of carbonyl (C=O) groups is 1. The Morgan fingerprint density at radius 3 is 2.59 bits per heavy atom. The lowest BCUT2D eigenvalue weighted by Gasteiger charge is -2.05. The fourth-order valence-corrected chi connectivity index (χ4v) is 3.12. The summed E-state index contributed by atoms with van der Waals surface area (Å²) in [4.78, 5) is 12.5. The summed E-state index contributed by atoms with van der Waals surface area (Å²) >= 11 is 0. The molecular weight excluding hydrogens is 404 g/mol. The zero-order valence-electron chi connectivity index (χ0n) is 18.2. The molecule has 3 aromatic rings. The zero-order chi connectivity index (χ0) is 22.8. The van der Waals surface area contributed by atoms with Crippen molar-refractivity contribution in [2.75, 3.05) is 26.9 Å². The van der Waals surface area contributed by atoms with Crippen LogP contribution in [0.4, 0.5) is 0 Å². The molecule has 1 aromatic heterocycles.